The predicted octanol–water partition coefficient (Wildman–Crippen LogP) is 2.18. The molecule has 1 heterocycles. The molecular formula is C14H17N3O4. The van der Waals surface area contributed by atoms with Crippen LogP contribution in [0, 0.1) is 17.0 Å². The Morgan fingerprint density at radius 1 is 1.33 bits per heavy atom. The van der Waals surface area contributed by atoms with E-state index in [-0.39, 0.29) is 6.10 Å². The van der Waals surface area contributed by atoms with Crippen molar-refractivity contribution >= 4 is 5.69 Å². The van der Waals surface area contributed by atoms with Crippen LogP contribution in [-0.2, 0) is 7.05 Å². The fourth-order valence-electron chi connectivity index (χ4n) is 2.16. The molecule has 1 aromatic heterocycles. The first-order chi connectivity index (χ1) is 9.82. The summed E-state index contributed by atoms with van der Waals surface area (Å²) in [5, 5.41) is 11.0. The smallest absolute Gasteiger partial charge is 0.356 e. The van der Waals surface area contributed by atoms with E-state index in [0.29, 0.717) is 17.1 Å². The van der Waals surface area contributed by atoms with Crippen molar-refractivity contribution in [1.82, 2.24) is 9.36 Å². The molecule has 0 aliphatic rings. The van der Waals surface area contributed by atoms with Gasteiger partial charge in [0.1, 0.15) is 11.4 Å². The minimum Gasteiger partial charge on any atom is -0.491 e. The Morgan fingerprint density at radius 2 is 2.00 bits per heavy atom. The van der Waals surface area contributed by atoms with Crippen LogP contribution in [0.15, 0.2) is 29.1 Å². The van der Waals surface area contributed by atoms with E-state index in [4.69, 9.17) is 4.74 Å². The van der Waals surface area contributed by atoms with Gasteiger partial charge in [-0.05, 0) is 32.9 Å². The van der Waals surface area contributed by atoms with Crippen LogP contribution in [0.4, 0.5) is 5.69 Å². The summed E-state index contributed by atoms with van der Waals surface area (Å²) in [6.07, 6.45) is 0.00135. The van der Waals surface area contributed by atoms with E-state index >= 15 is 0 Å². The summed E-state index contributed by atoms with van der Waals surface area (Å²) in [5.41, 5.74) is -0.230. The molecule has 0 saturated carbocycles. The molecule has 1 aromatic carbocycles. The van der Waals surface area contributed by atoms with Crippen molar-refractivity contribution in [1.29, 1.82) is 0 Å². The number of hydrogen-bond acceptors (Lipinski definition) is 4. The van der Waals surface area contributed by atoms with Crippen LogP contribution in [0.3, 0.4) is 0 Å². The Kier molecular flexibility index (Phi) is 3.84. The molecule has 21 heavy (non-hydrogen) atoms. The van der Waals surface area contributed by atoms with Gasteiger partial charge in [0.25, 0.3) is 0 Å². The lowest BCUT2D eigenvalue weighted by Gasteiger charge is -2.12. The number of ether oxygens (including phenoxy) is 1. The molecule has 7 heteroatoms. The van der Waals surface area contributed by atoms with E-state index < -0.39 is 16.2 Å². The van der Waals surface area contributed by atoms with E-state index in [1.807, 2.05) is 13.8 Å². The van der Waals surface area contributed by atoms with Gasteiger partial charge in [0.2, 0.25) is 0 Å². The number of benzene rings is 1. The van der Waals surface area contributed by atoms with Crippen molar-refractivity contribution in [2.24, 2.45) is 7.05 Å². The largest absolute Gasteiger partial charge is 0.491 e. The lowest BCUT2D eigenvalue weighted by atomic mass is 10.3. The van der Waals surface area contributed by atoms with Crippen LogP contribution in [0.5, 0.6) is 5.75 Å². The third kappa shape index (κ3) is 2.67. The zero-order chi connectivity index (χ0) is 15.7. The summed E-state index contributed by atoms with van der Waals surface area (Å²) in [6.45, 7) is 5.34. The second-order valence-electron chi connectivity index (χ2n) is 5.00. The average Bonchev–Trinajstić information content (AvgIpc) is 2.59. The molecule has 0 bridgehead atoms. The van der Waals surface area contributed by atoms with E-state index in [2.05, 4.69) is 0 Å². The summed E-state index contributed by atoms with van der Waals surface area (Å²) in [7, 11) is 1.61. The maximum atomic E-state index is 12.2. The van der Waals surface area contributed by atoms with Crippen LogP contribution >= 0.6 is 0 Å². The van der Waals surface area contributed by atoms with Gasteiger partial charge in [-0.2, -0.15) is 0 Å². The van der Waals surface area contributed by atoms with Gasteiger partial charge in [-0.15, -0.1) is 0 Å². The van der Waals surface area contributed by atoms with Gasteiger partial charge in [-0.25, -0.2) is 4.68 Å². The first kappa shape index (κ1) is 14.8. The topological polar surface area (TPSA) is 79.3 Å². The van der Waals surface area contributed by atoms with Gasteiger partial charge < -0.3 is 4.74 Å². The van der Waals surface area contributed by atoms with Gasteiger partial charge in [0.05, 0.1) is 16.7 Å². The molecule has 7 nitrogen and oxygen atoms in total. The molecule has 0 radical (unpaired) electrons. The predicted molar refractivity (Wildman–Crippen MR) is 78.2 cm³/mol. The molecule has 0 aliphatic carbocycles. The molecule has 0 amide bonds. The normalized spacial score (nSPS) is 10.9. The van der Waals surface area contributed by atoms with E-state index in [1.165, 1.54) is 9.36 Å². The van der Waals surface area contributed by atoms with Gasteiger partial charge in [0, 0.05) is 13.1 Å². The minimum atomic E-state index is -0.651. The molecule has 0 saturated heterocycles. The highest BCUT2D eigenvalue weighted by Gasteiger charge is 2.25. The monoisotopic (exact) mass is 291 g/mol. The highest BCUT2D eigenvalue weighted by atomic mass is 16.6. The van der Waals surface area contributed by atoms with E-state index in [1.54, 1.807) is 38.2 Å². The molecule has 0 atom stereocenters. The summed E-state index contributed by atoms with van der Waals surface area (Å²) in [6, 6.07) is 6.91. The minimum absolute atomic E-state index is 0.00135. The van der Waals surface area contributed by atoms with Crippen LogP contribution < -0.4 is 10.3 Å². The first-order valence-corrected chi connectivity index (χ1v) is 6.53. The number of nitrogens with zero attached hydrogens (tertiary/aromatic N) is 3. The van der Waals surface area contributed by atoms with Crippen molar-refractivity contribution in [2.45, 2.75) is 26.9 Å². The van der Waals surface area contributed by atoms with Crippen LogP contribution in [0.25, 0.3) is 5.69 Å². The summed E-state index contributed by atoms with van der Waals surface area (Å²) in [5.74, 6) is 0.607. The van der Waals surface area contributed by atoms with Crippen molar-refractivity contribution in [2.75, 3.05) is 0 Å². The van der Waals surface area contributed by atoms with Gasteiger partial charge >= 0.3 is 11.2 Å². The number of nitro groups is 1. The molecule has 0 unspecified atom stereocenters. The highest BCUT2D eigenvalue weighted by molar-refractivity contribution is 5.43. The fourth-order valence-corrected chi connectivity index (χ4v) is 2.16. The van der Waals surface area contributed by atoms with Gasteiger partial charge in [-0.3, -0.25) is 19.6 Å². The van der Waals surface area contributed by atoms with E-state index in [0.717, 1.165) is 0 Å². The molecule has 2 rings (SSSR count). The summed E-state index contributed by atoms with van der Waals surface area (Å²) >= 11 is 0. The third-order valence-electron chi connectivity index (χ3n) is 3.14. The van der Waals surface area contributed by atoms with Gasteiger partial charge in [-0.1, -0.05) is 6.07 Å². The second kappa shape index (κ2) is 5.43. The van der Waals surface area contributed by atoms with Crippen molar-refractivity contribution in [3.63, 3.8) is 0 Å². The van der Waals surface area contributed by atoms with E-state index in [9.17, 15) is 14.9 Å². The maximum absolute atomic E-state index is 12.2. The van der Waals surface area contributed by atoms with Crippen LogP contribution in [0.2, 0.25) is 0 Å². The number of hydrogen-bond donors (Lipinski definition) is 0. The molecule has 0 N–H and O–H groups in total. The Bertz CT molecular complexity index is 743. The van der Waals surface area contributed by atoms with Crippen molar-refractivity contribution < 1.29 is 9.66 Å². The Labute approximate surface area is 121 Å². The second-order valence-corrected chi connectivity index (χ2v) is 5.00. The molecule has 0 spiro atoms. The molecule has 0 aliphatic heterocycles. The lowest BCUT2D eigenvalue weighted by Crippen LogP contribution is -2.20. The quantitative estimate of drug-likeness (QED) is 0.639. The fraction of sp³-hybridized carbons (Fsp3) is 0.357. The Hall–Kier alpha value is -2.57. The first-order valence-electron chi connectivity index (χ1n) is 6.53. The number of aromatic nitrogens is 2. The van der Waals surface area contributed by atoms with Crippen LogP contribution in [-0.4, -0.2) is 20.4 Å². The third-order valence-corrected chi connectivity index (χ3v) is 3.14. The highest BCUT2D eigenvalue weighted by Crippen LogP contribution is 2.20. The average molecular weight is 291 g/mol. The lowest BCUT2D eigenvalue weighted by molar-refractivity contribution is -0.386. The van der Waals surface area contributed by atoms with Crippen molar-refractivity contribution in [3.05, 3.63) is 50.4 Å². The molecule has 2 aromatic rings. The molecule has 0 fully saturated rings. The summed E-state index contributed by atoms with van der Waals surface area (Å²) in [4.78, 5) is 22.6. The van der Waals surface area contributed by atoms with Gasteiger partial charge in [0.15, 0.2) is 0 Å². The van der Waals surface area contributed by atoms with Crippen molar-refractivity contribution in [3.8, 4) is 11.4 Å². The zero-order valence-corrected chi connectivity index (χ0v) is 12.4. The Balaban J connectivity index is 2.60. The van der Waals surface area contributed by atoms with Crippen LogP contribution in [0.1, 0.15) is 19.5 Å². The maximum Gasteiger partial charge on any atom is 0.356 e. The summed E-state index contributed by atoms with van der Waals surface area (Å²) < 4.78 is 8.31. The molecular weight excluding hydrogens is 274 g/mol. The number of rotatable bonds is 4. The Morgan fingerprint density at radius 3 is 2.52 bits per heavy atom. The SMILES string of the molecule is Cc1c([N+](=O)[O-])c(=O)n(-c2cccc(OC(C)C)c2)n1C. The zero-order valence-electron chi connectivity index (χ0n) is 12.4. The standard InChI is InChI=1S/C14H17N3O4/c1-9(2)21-12-7-5-6-11(8-12)16-14(18)13(17(19)20)10(3)15(16)4/h5-9H,1-4H3. The molecule has 112 valence electrons.